The lowest BCUT2D eigenvalue weighted by Crippen LogP contribution is -2.38. The van der Waals surface area contributed by atoms with E-state index in [2.05, 4.69) is 20.6 Å². The van der Waals surface area contributed by atoms with Crippen LogP contribution in [0.15, 0.2) is 12.3 Å². The topological polar surface area (TPSA) is 75.9 Å². The Hall–Kier alpha value is -1.36. The molecular weight excluding hydrogens is 178 g/mol. The van der Waals surface area contributed by atoms with Gasteiger partial charge >= 0.3 is 0 Å². The largest absolute Gasteiger partial charge is 0.384 e. The Bertz CT molecular complexity index is 295. The summed E-state index contributed by atoms with van der Waals surface area (Å²) >= 11 is 0. The number of nitrogens with one attached hydrogen (secondary N) is 2. The fourth-order valence-electron chi connectivity index (χ4n) is 1.60. The number of hydrogen-bond donors (Lipinski definition) is 3. The van der Waals surface area contributed by atoms with E-state index in [0.717, 1.165) is 19.5 Å². The monoisotopic (exact) mass is 193 g/mol. The molecule has 76 valence electrons. The Morgan fingerprint density at radius 1 is 1.57 bits per heavy atom. The lowest BCUT2D eigenvalue weighted by atomic mass is 10.1. The Morgan fingerprint density at radius 2 is 2.50 bits per heavy atom. The van der Waals surface area contributed by atoms with Crippen LogP contribution in [-0.2, 0) is 0 Å². The molecule has 1 saturated heterocycles. The van der Waals surface area contributed by atoms with E-state index in [1.165, 1.54) is 6.42 Å². The lowest BCUT2D eigenvalue weighted by Gasteiger charge is -2.23. The van der Waals surface area contributed by atoms with Crippen LogP contribution in [0.25, 0.3) is 0 Å². The van der Waals surface area contributed by atoms with E-state index in [9.17, 15) is 0 Å². The van der Waals surface area contributed by atoms with Crippen molar-refractivity contribution in [2.24, 2.45) is 0 Å². The minimum atomic E-state index is 0.422. The smallest absolute Gasteiger partial charge is 0.224 e. The van der Waals surface area contributed by atoms with Crippen LogP contribution in [0.2, 0.25) is 0 Å². The molecule has 2 heterocycles. The predicted molar refractivity (Wildman–Crippen MR) is 56.0 cm³/mol. The molecule has 0 saturated carbocycles. The maximum Gasteiger partial charge on any atom is 0.224 e. The third-order valence-corrected chi connectivity index (χ3v) is 2.31. The summed E-state index contributed by atoms with van der Waals surface area (Å²) < 4.78 is 0. The maximum absolute atomic E-state index is 5.56. The number of aromatic nitrogens is 2. The summed E-state index contributed by atoms with van der Waals surface area (Å²) in [6, 6.07) is 2.11. The molecule has 0 spiro atoms. The van der Waals surface area contributed by atoms with E-state index in [0.29, 0.717) is 17.8 Å². The molecule has 0 bridgehead atoms. The number of nitrogens with zero attached hydrogens (tertiary/aromatic N) is 2. The molecule has 4 N–H and O–H groups in total. The van der Waals surface area contributed by atoms with Crippen molar-refractivity contribution in [3.63, 3.8) is 0 Å². The van der Waals surface area contributed by atoms with Gasteiger partial charge in [-0.25, -0.2) is 4.98 Å². The second-order valence-electron chi connectivity index (χ2n) is 3.49. The van der Waals surface area contributed by atoms with Crippen LogP contribution >= 0.6 is 0 Å². The lowest BCUT2D eigenvalue weighted by molar-refractivity contribution is 0.478. The first-order chi connectivity index (χ1) is 6.84. The average Bonchev–Trinajstić information content (AvgIpc) is 2.19. The second kappa shape index (κ2) is 4.23. The van der Waals surface area contributed by atoms with Gasteiger partial charge in [-0.1, -0.05) is 0 Å². The molecule has 1 fully saturated rings. The van der Waals surface area contributed by atoms with Crippen molar-refractivity contribution in [2.75, 3.05) is 24.1 Å². The molecule has 1 aromatic heterocycles. The molecule has 0 amide bonds. The minimum Gasteiger partial charge on any atom is -0.384 e. The molecule has 1 unspecified atom stereocenters. The molecule has 1 aliphatic heterocycles. The summed E-state index contributed by atoms with van der Waals surface area (Å²) in [5, 5.41) is 6.58. The van der Waals surface area contributed by atoms with Crippen LogP contribution in [-0.4, -0.2) is 29.1 Å². The third-order valence-electron chi connectivity index (χ3n) is 2.31. The van der Waals surface area contributed by atoms with Crippen molar-refractivity contribution < 1.29 is 0 Å². The van der Waals surface area contributed by atoms with Gasteiger partial charge in [0.2, 0.25) is 5.95 Å². The Kier molecular flexibility index (Phi) is 2.78. The van der Waals surface area contributed by atoms with Gasteiger partial charge in [0, 0.05) is 18.8 Å². The zero-order chi connectivity index (χ0) is 9.80. The maximum atomic E-state index is 5.56. The van der Waals surface area contributed by atoms with Gasteiger partial charge < -0.3 is 16.4 Å². The minimum absolute atomic E-state index is 0.422. The van der Waals surface area contributed by atoms with Crippen LogP contribution < -0.4 is 16.4 Å². The number of nitrogens with two attached hydrogens (primary N) is 1. The van der Waals surface area contributed by atoms with Gasteiger partial charge in [0.15, 0.2) is 0 Å². The van der Waals surface area contributed by atoms with Crippen LogP contribution in [0, 0.1) is 0 Å². The van der Waals surface area contributed by atoms with Gasteiger partial charge in [0.25, 0.3) is 0 Å². The summed E-state index contributed by atoms with van der Waals surface area (Å²) in [7, 11) is 0. The van der Waals surface area contributed by atoms with Crippen LogP contribution in [0.3, 0.4) is 0 Å². The molecule has 1 aromatic rings. The van der Waals surface area contributed by atoms with E-state index < -0.39 is 0 Å². The van der Waals surface area contributed by atoms with Gasteiger partial charge in [-0.05, 0) is 25.5 Å². The molecule has 2 rings (SSSR count). The van der Waals surface area contributed by atoms with Crippen LogP contribution in [0.1, 0.15) is 12.8 Å². The molecule has 1 atom stereocenters. The molecule has 0 aromatic carbocycles. The summed E-state index contributed by atoms with van der Waals surface area (Å²) in [4.78, 5) is 8.20. The molecule has 5 heteroatoms. The van der Waals surface area contributed by atoms with Gasteiger partial charge in [-0.15, -0.1) is 0 Å². The highest BCUT2D eigenvalue weighted by atomic mass is 15.1. The Morgan fingerprint density at radius 3 is 3.21 bits per heavy atom. The van der Waals surface area contributed by atoms with Gasteiger partial charge in [-0.2, -0.15) is 4.98 Å². The number of hydrogen-bond acceptors (Lipinski definition) is 5. The molecule has 5 nitrogen and oxygen atoms in total. The highest BCUT2D eigenvalue weighted by Gasteiger charge is 2.13. The zero-order valence-electron chi connectivity index (χ0n) is 8.03. The standard InChI is InChI=1S/C9H15N5/c10-8-3-5-12-9(14-8)13-7-2-1-4-11-6-7/h3,5,7,11H,1-2,4,6H2,(H3,10,12,13,14). The summed E-state index contributed by atoms with van der Waals surface area (Å²) in [6.07, 6.45) is 4.02. The first kappa shape index (κ1) is 9.21. The van der Waals surface area contributed by atoms with Crippen molar-refractivity contribution in [3.05, 3.63) is 12.3 Å². The number of rotatable bonds is 2. The third kappa shape index (κ3) is 2.32. The normalized spacial score (nSPS) is 21.9. The summed E-state index contributed by atoms with van der Waals surface area (Å²) in [5.74, 6) is 1.13. The Labute approximate surface area is 83.1 Å². The molecule has 0 radical (unpaired) electrons. The molecular formula is C9H15N5. The van der Waals surface area contributed by atoms with Gasteiger partial charge in [0.1, 0.15) is 5.82 Å². The SMILES string of the molecule is Nc1ccnc(NC2CCCNC2)n1. The van der Waals surface area contributed by atoms with Gasteiger partial charge in [0.05, 0.1) is 0 Å². The average molecular weight is 193 g/mol. The quantitative estimate of drug-likeness (QED) is 0.626. The van der Waals surface area contributed by atoms with Crippen molar-refractivity contribution in [3.8, 4) is 0 Å². The fourth-order valence-corrected chi connectivity index (χ4v) is 1.60. The summed E-state index contributed by atoms with van der Waals surface area (Å²) in [5.41, 5.74) is 5.56. The fraction of sp³-hybridized carbons (Fsp3) is 0.556. The van der Waals surface area contributed by atoms with E-state index in [-0.39, 0.29) is 0 Å². The van der Waals surface area contributed by atoms with E-state index >= 15 is 0 Å². The number of piperidine rings is 1. The molecule has 0 aliphatic carbocycles. The zero-order valence-corrected chi connectivity index (χ0v) is 8.03. The second-order valence-corrected chi connectivity index (χ2v) is 3.49. The van der Waals surface area contributed by atoms with Crippen molar-refractivity contribution in [1.29, 1.82) is 0 Å². The molecule has 1 aliphatic rings. The summed E-state index contributed by atoms with van der Waals surface area (Å²) in [6.45, 7) is 2.08. The Balaban J connectivity index is 1.95. The first-order valence-corrected chi connectivity index (χ1v) is 4.90. The highest BCUT2D eigenvalue weighted by Crippen LogP contribution is 2.08. The van der Waals surface area contributed by atoms with E-state index in [4.69, 9.17) is 5.73 Å². The first-order valence-electron chi connectivity index (χ1n) is 4.90. The van der Waals surface area contributed by atoms with Crippen molar-refractivity contribution >= 4 is 11.8 Å². The van der Waals surface area contributed by atoms with Crippen molar-refractivity contribution in [1.82, 2.24) is 15.3 Å². The van der Waals surface area contributed by atoms with Crippen LogP contribution in [0.5, 0.6) is 0 Å². The number of anilines is 2. The van der Waals surface area contributed by atoms with E-state index in [1.807, 2.05) is 0 Å². The molecule has 14 heavy (non-hydrogen) atoms. The van der Waals surface area contributed by atoms with Crippen molar-refractivity contribution in [2.45, 2.75) is 18.9 Å². The number of nitrogen functional groups attached to an aromatic ring is 1. The van der Waals surface area contributed by atoms with Crippen LogP contribution in [0.4, 0.5) is 11.8 Å². The highest BCUT2D eigenvalue weighted by molar-refractivity contribution is 5.35. The van der Waals surface area contributed by atoms with Gasteiger partial charge in [-0.3, -0.25) is 0 Å². The van der Waals surface area contributed by atoms with E-state index in [1.54, 1.807) is 12.3 Å². The predicted octanol–water partition coefficient (Wildman–Crippen LogP) is 0.223.